The summed E-state index contributed by atoms with van der Waals surface area (Å²) in [5, 5.41) is 0. The van der Waals surface area contributed by atoms with Crippen molar-refractivity contribution in [2.75, 3.05) is 7.05 Å². The number of halogens is 2. The van der Waals surface area contributed by atoms with Gasteiger partial charge in [0.25, 0.3) is 11.8 Å². The van der Waals surface area contributed by atoms with Gasteiger partial charge in [0.15, 0.2) is 0 Å². The lowest BCUT2D eigenvalue weighted by Crippen LogP contribution is -2.56. The minimum absolute atomic E-state index is 0.0632. The zero-order valence-electron chi connectivity index (χ0n) is 21.1. The van der Waals surface area contributed by atoms with Gasteiger partial charge in [-0.25, -0.2) is 23.7 Å². The van der Waals surface area contributed by atoms with Crippen molar-refractivity contribution in [1.29, 1.82) is 0 Å². The van der Waals surface area contributed by atoms with Gasteiger partial charge >= 0.3 is 0 Å². The molecule has 2 bridgehead atoms. The van der Waals surface area contributed by atoms with Crippen molar-refractivity contribution in [1.82, 2.24) is 24.4 Å². The highest BCUT2D eigenvalue weighted by molar-refractivity contribution is 6.00. The first kappa shape index (κ1) is 22.5. The number of likely N-dealkylation sites (N-methyl/N-ethyl adjacent to an activating group) is 1. The maximum Gasteiger partial charge on any atom is 0.254 e. The fourth-order valence-electron chi connectivity index (χ4n) is 7.19. The molecule has 1 amide bonds. The molecule has 2 saturated carbocycles. The molecule has 38 heavy (non-hydrogen) atoms. The number of amides is 1. The monoisotopic (exact) mass is 514 g/mol. The van der Waals surface area contributed by atoms with E-state index in [4.69, 9.17) is 10.7 Å². The van der Waals surface area contributed by atoms with Crippen LogP contribution in [0.15, 0.2) is 53.4 Å². The molecule has 194 valence electrons. The normalized spacial score (nSPS) is 27.1. The number of carbonyl (C=O) groups is 1. The lowest BCUT2D eigenvalue weighted by Gasteiger charge is -2.42. The largest absolute Gasteiger partial charge is 0.331 e. The summed E-state index contributed by atoms with van der Waals surface area (Å²) in [7, 11) is 1.90. The molecule has 2 aromatic heterocycles. The fourth-order valence-corrected chi connectivity index (χ4v) is 7.19. The van der Waals surface area contributed by atoms with E-state index in [-0.39, 0.29) is 23.8 Å². The Labute approximate surface area is 218 Å². The molecule has 2 atom stereocenters. The zero-order chi connectivity index (χ0) is 26.0. The summed E-state index contributed by atoms with van der Waals surface area (Å²) in [6.45, 7) is 0. The predicted octanol–water partition coefficient (Wildman–Crippen LogP) is 4.96. The van der Waals surface area contributed by atoms with E-state index in [0.717, 1.165) is 52.8 Å². The zero-order valence-corrected chi connectivity index (χ0v) is 21.1. The van der Waals surface area contributed by atoms with E-state index in [1.807, 2.05) is 24.1 Å². The van der Waals surface area contributed by atoms with E-state index in [9.17, 15) is 13.6 Å². The Kier molecular flexibility index (Phi) is 4.35. The number of hydrogen-bond donors (Lipinski definition) is 1. The summed E-state index contributed by atoms with van der Waals surface area (Å²) in [6, 6.07) is 6.12. The van der Waals surface area contributed by atoms with Gasteiger partial charge < -0.3 is 15.2 Å². The number of imidazole rings is 1. The van der Waals surface area contributed by atoms with Gasteiger partial charge in [0.05, 0.1) is 28.7 Å². The standard InChI is InChI=1S/C29H28F2N6O/c1-36-23-10-22(24-18(15-5-6-15)3-2-4-19(24)26(36)38)37-21-9-16(7-8-20(21)35-25(23)37)17-11-33-27(34-12-17)28(32)13-29(30,31)14-28/h4,7-9,11-12,15,22-23H,2-3,5-6,10,13-14,32H2,1H3. The number of allylic oxidation sites excluding steroid dienone is 2. The van der Waals surface area contributed by atoms with Gasteiger partial charge in [0.1, 0.15) is 11.6 Å². The molecule has 8 rings (SSSR count). The van der Waals surface area contributed by atoms with Crippen molar-refractivity contribution >= 4 is 16.9 Å². The molecule has 0 spiro atoms. The van der Waals surface area contributed by atoms with E-state index in [2.05, 4.69) is 26.7 Å². The molecular formula is C29H28F2N6O. The third-order valence-corrected chi connectivity index (χ3v) is 9.17. The minimum atomic E-state index is -2.75. The van der Waals surface area contributed by atoms with Crippen LogP contribution in [0.4, 0.5) is 8.78 Å². The molecule has 0 radical (unpaired) electrons. The first-order valence-corrected chi connectivity index (χ1v) is 13.4. The maximum absolute atomic E-state index is 13.5. The smallest absolute Gasteiger partial charge is 0.254 e. The summed E-state index contributed by atoms with van der Waals surface area (Å²) in [4.78, 5) is 29.1. The second-order valence-corrected chi connectivity index (χ2v) is 11.8. The lowest BCUT2D eigenvalue weighted by atomic mass is 9.73. The number of rotatable bonds is 3. The Morgan fingerprint density at radius 2 is 1.84 bits per heavy atom. The summed E-state index contributed by atoms with van der Waals surface area (Å²) in [6.07, 6.45) is 9.86. The summed E-state index contributed by atoms with van der Waals surface area (Å²) < 4.78 is 29.3. The molecule has 3 aliphatic carbocycles. The van der Waals surface area contributed by atoms with Crippen LogP contribution in [0.25, 0.3) is 22.2 Å². The van der Waals surface area contributed by atoms with Gasteiger partial charge in [-0.1, -0.05) is 17.7 Å². The molecule has 1 aromatic carbocycles. The summed E-state index contributed by atoms with van der Waals surface area (Å²) in [5.74, 6) is -0.833. The molecular weight excluding hydrogens is 486 g/mol. The number of likely N-dealkylation sites (tertiary alicyclic amines) is 1. The number of carbonyl (C=O) groups excluding carboxylic acids is 1. The minimum Gasteiger partial charge on any atom is -0.331 e. The number of nitrogens with zero attached hydrogens (tertiary/aromatic N) is 5. The molecule has 2 N–H and O–H groups in total. The second kappa shape index (κ2) is 7.34. The number of fused-ring (bicyclic) bond motifs is 9. The molecule has 2 unspecified atom stereocenters. The van der Waals surface area contributed by atoms with E-state index in [1.54, 1.807) is 12.4 Å². The van der Waals surface area contributed by atoms with Crippen LogP contribution in [-0.4, -0.2) is 43.3 Å². The fraction of sp³-hybridized carbons (Fsp3) is 0.448. The van der Waals surface area contributed by atoms with Crippen LogP contribution >= 0.6 is 0 Å². The van der Waals surface area contributed by atoms with E-state index in [0.29, 0.717) is 5.92 Å². The van der Waals surface area contributed by atoms with Crippen molar-refractivity contribution in [2.45, 2.75) is 68.5 Å². The van der Waals surface area contributed by atoms with Gasteiger partial charge in [0, 0.05) is 49.8 Å². The molecule has 7 nitrogen and oxygen atoms in total. The molecule has 3 fully saturated rings. The van der Waals surface area contributed by atoms with Gasteiger partial charge in [-0.3, -0.25) is 4.79 Å². The lowest BCUT2D eigenvalue weighted by molar-refractivity contribution is -0.128. The summed E-state index contributed by atoms with van der Waals surface area (Å²) >= 11 is 0. The Hall–Kier alpha value is -3.46. The van der Waals surface area contributed by atoms with Crippen molar-refractivity contribution < 1.29 is 13.6 Å². The van der Waals surface area contributed by atoms with Crippen molar-refractivity contribution in [2.24, 2.45) is 11.7 Å². The molecule has 9 heteroatoms. The van der Waals surface area contributed by atoms with Gasteiger partial charge in [-0.05, 0) is 54.9 Å². The van der Waals surface area contributed by atoms with Crippen LogP contribution in [0.3, 0.4) is 0 Å². The second-order valence-electron chi connectivity index (χ2n) is 11.8. The number of benzene rings is 1. The van der Waals surface area contributed by atoms with Crippen molar-refractivity contribution in [3.05, 3.63) is 65.0 Å². The highest BCUT2D eigenvalue weighted by Crippen LogP contribution is 2.54. The molecule has 5 aliphatic rings. The SMILES string of the molecule is CN1C(=O)C2=CCCC(C3CC3)=C2C2CC1c1nc3ccc(-c4cnc(C5(N)CC(F)(F)C5)nc4)cc3n12. The van der Waals surface area contributed by atoms with E-state index in [1.165, 1.54) is 24.0 Å². The van der Waals surface area contributed by atoms with Gasteiger partial charge in [-0.15, -0.1) is 0 Å². The van der Waals surface area contributed by atoms with Crippen LogP contribution in [0.5, 0.6) is 0 Å². The highest BCUT2D eigenvalue weighted by atomic mass is 19.3. The topological polar surface area (TPSA) is 89.9 Å². The highest BCUT2D eigenvalue weighted by Gasteiger charge is 2.57. The van der Waals surface area contributed by atoms with Crippen LogP contribution in [0, 0.1) is 5.92 Å². The van der Waals surface area contributed by atoms with Gasteiger partial charge in [0.2, 0.25) is 0 Å². The number of aromatic nitrogens is 4. The van der Waals surface area contributed by atoms with E-state index < -0.39 is 24.3 Å². The average molecular weight is 515 g/mol. The number of alkyl halides is 2. The third-order valence-electron chi connectivity index (χ3n) is 9.17. The maximum atomic E-state index is 13.5. The first-order valence-electron chi connectivity index (χ1n) is 13.4. The average Bonchev–Trinajstić information content (AvgIpc) is 3.60. The molecule has 1 saturated heterocycles. The van der Waals surface area contributed by atoms with Gasteiger partial charge in [-0.2, -0.15) is 0 Å². The van der Waals surface area contributed by atoms with Crippen molar-refractivity contribution in [3.8, 4) is 11.1 Å². The van der Waals surface area contributed by atoms with Crippen molar-refractivity contribution in [3.63, 3.8) is 0 Å². The summed E-state index contributed by atoms with van der Waals surface area (Å²) in [5.41, 5.74) is 12.2. The number of nitrogens with two attached hydrogens (primary N) is 1. The van der Waals surface area contributed by atoms with Crippen LogP contribution in [0.2, 0.25) is 0 Å². The quantitative estimate of drug-likeness (QED) is 0.534. The Bertz CT molecular complexity index is 1590. The first-order chi connectivity index (χ1) is 18.2. The van der Waals surface area contributed by atoms with E-state index >= 15 is 0 Å². The van der Waals surface area contributed by atoms with Crippen LogP contribution in [-0.2, 0) is 10.3 Å². The van der Waals surface area contributed by atoms with Crippen LogP contribution < -0.4 is 5.73 Å². The molecule has 4 heterocycles. The third kappa shape index (κ3) is 3.08. The number of hydrogen-bond acceptors (Lipinski definition) is 5. The molecule has 3 aromatic rings. The Morgan fingerprint density at radius 1 is 1.08 bits per heavy atom. The van der Waals surface area contributed by atoms with Crippen LogP contribution in [0.1, 0.15) is 68.7 Å². The Morgan fingerprint density at radius 3 is 2.55 bits per heavy atom. The molecule has 2 aliphatic heterocycles. The predicted molar refractivity (Wildman–Crippen MR) is 137 cm³/mol. The Balaban J connectivity index is 1.23.